The van der Waals surface area contributed by atoms with Crippen LogP contribution in [-0.2, 0) is 29.2 Å². The van der Waals surface area contributed by atoms with E-state index in [0.717, 1.165) is 38.7 Å². The minimum atomic E-state index is -5.81. The van der Waals surface area contributed by atoms with E-state index in [1.165, 1.54) is 0 Å². The number of benzene rings is 2. The van der Waals surface area contributed by atoms with Gasteiger partial charge in [-0.25, -0.2) is 0 Å². The van der Waals surface area contributed by atoms with Gasteiger partial charge >= 0.3 is 27.3 Å². The molecule has 0 aromatic heterocycles. The Kier molecular flexibility index (Phi) is 6.92. The SMILES string of the molecule is CC1(OC(=O)C2C3c4ccccc4C(c4ccccc43)C2C(=O)OCC(F)(F)S(=O)(=O)O)C=C(I)CCC1. The maximum Gasteiger partial charge on any atom is 0.402 e. The van der Waals surface area contributed by atoms with Gasteiger partial charge in [-0.2, -0.15) is 17.2 Å². The molecule has 0 heterocycles. The van der Waals surface area contributed by atoms with Crippen molar-refractivity contribution in [3.05, 3.63) is 80.4 Å². The van der Waals surface area contributed by atoms with Gasteiger partial charge in [0, 0.05) is 11.8 Å². The van der Waals surface area contributed by atoms with Crippen LogP contribution in [0.4, 0.5) is 8.78 Å². The number of halogens is 3. The normalized spacial score (nSPS) is 28.1. The van der Waals surface area contributed by atoms with Crippen molar-refractivity contribution in [1.82, 2.24) is 0 Å². The molecule has 4 aliphatic rings. The van der Waals surface area contributed by atoms with E-state index in [-0.39, 0.29) is 0 Å². The lowest BCUT2D eigenvalue weighted by molar-refractivity contribution is -0.172. The zero-order chi connectivity index (χ0) is 27.5. The molecule has 0 saturated heterocycles. The number of carbonyl (C=O) groups excluding carboxylic acids is 2. The maximum atomic E-state index is 14.0. The van der Waals surface area contributed by atoms with Crippen molar-refractivity contribution in [1.29, 1.82) is 0 Å². The Morgan fingerprint density at radius 3 is 1.92 bits per heavy atom. The fourth-order valence-corrected chi connectivity index (χ4v) is 7.28. The fourth-order valence-electron chi connectivity index (χ4n) is 6.03. The highest BCUT2D eigenvalue weighted by Gasteiger charge is 2.58. The van der Waals surface area contributed by atoms with Crippen LogP contribution in [0.25, 0.3) is 0 Å². The van der Waals surface area contributed by atoms with Crippen LogP contribution in [0.1, 0.15) is 60.3 Å². The van der Waals surface area contributed by atoms with Crippen molar-refractivity contribution in [2.24, 2.45) is 11.8 Å². The molecule has 0 fully saturated rings. The number of esters is 2. The van der Waals surface area contributed by atoms with Crippen LogP contribution in [0.2, 0.25) is 0 Å². The number of allylic oxidation sites excluding steroid dienone is 1. The van der Waals surface area contributed by atoms with Gasteiger partial charge < -0.3 is 9.47 Å². The molecule has 0 saturated carbocycles. The summed E-state index contributed by atoms with van der Waals surface area (Å²) in [5.74, 6) is -5.46. The molecule has 4 aliphatic carbocycles. The standard InChI is InChI=1S/C27H25F2IO7S/c1-26(12-6-7-15(30)13-26)37-25(32)23-21-18-10-4-2-8-16(18)20(17-9-3-5-11-19(17)21)22(23)24(31)36-14-27(28,29)38(33,34)35/h2-5,8-11,13,20-23H,6-7,12,14H2,1H3,(H,33,34,35). The van der Waals surface area contributed by atoms with E-state index in [4.69, 9.17) is 14.0 Å². The summed E-state index contributed by atoms with van der Waals surface area (Å²) in [6.07, 6.45) is 4.17. The van der Waals surface area contributed by atoms with E-state index in [1.54, 1.807) is 19.1 Å². The van der Waals surface area contributed by atoms with Crippen molar-refractivity contribution in [2.75, 3.05) is 6.61 Å². The molecule has 2 aromatic rings. The Morgan fingerprint density at radius 2 is 1.47 bits per heavy atom. The second kappa shape index (κ2) is 9.67. The Labute approximate surface area is 232 Å². The first-order valence-electron chi connectivity index (χ1n) is 12.1. The molecule has 0 amide bonds. The van der Waals surface area contributed by atoms with Gasteiger partial charge in [-0.05, 0) is 80.7 Å². The highest BCUT2D eigenvalue weighted by atomic mass is 127. The van der Waals surface area contributed by atoms with Gasteiger partial charge in [0.15, 0.2) is 6.61 Å². The quantitative estimate of drug-likeness (QED) is 0.254. The van der Waals surface area contributed by atoms with Gasteiger partial charge in [0.2, 0.25) is 0 Å². The van der Waals surface area contributed by atoms with Gasteiger partial charge in [0.05, 0.1) is 11.8 Å². The van der Waals surface area contributed by atoms with Crippen LogP contribution in [0.3, 0.4) is 0 Å². The second-order valence-corrected chi connectivity index (χ2v) is 13.1. The molecule has 202 valence electrons. The topological polar surface area (TPSA) is 107 Å². The molecule has 38 heavy (non-hydrogen) atoms. The van der Waals surface area contributed by atoms with Crippen LogP contribution in [0, 0.1) is 11.8 Å². The van der Waals surface area contributed by atoms with Gasteiger partial charge in [-0.3, -0.25) is 14.1 Å². The average Bonchev–Trinajstić information content (AvgIpc) is 2.85. The molecule has 3 unspecified atom stereocenters. The van der Waals surface area contributed by atoms with Crippen LogP contribution in [-0.4, -0.2) is 42.4 Å². The van der Waals surface area contributed by atoms with Crippen molar-refractivity contribution >= 4 is 44.6 Å². The number of hydrogen-bond acceptors (Lipinski definition) is 6. The van der Waals surface area contributed by atoms with Crippen LogP contribution < -0.4 is 0 Å². The first-order valence-corrected chi connectivity index (χ1v) is 14.6. The summed E-state index contributed by atoms with van der Waals surface area (Å²) in [7, 11) is -5.81. The second-order valence-electron chi connectivity index (χ2n) is 10.2. The maximum absolute atomic E-state index is 14.0. The van der Waals surface area contributed by atoms with Crippen LogP contribution >= 0.6 is 22.6 Å². The Hall–Kier alpha value is -2.38. The molecule has 3 atom stereocenters. The molecule has 7 nitrogen and oxygen atoms in total. The van der Waals surface area contributed by atoms with Gasteiger partial charge in [-0.15, -0.1) is 0 Å². The summed E-state index contributed by atoms with van der Waals surface area (Å²) in [4.78, 5) is 27.4. The Balaban J connectivity index is 1.58. The van der Waals surface area contributed by atoms with Crippen LogP contribution in [0.15, 0.2) is 58.2 Å². The summed E-state index contributed by atoms with van der Waals surface area (Å²) in [5.41, 5.74) is 2.31. The van der Waals surface area contributed by atoms with Gasteiger partial charge in [-0.1, -0.05) is 48.5 Å². The molecular weight excluding hydrogens is 633 g/mol. The summed E-state index contributed by atoms with van der Waals surface area (Å²) in [6.45, 7) is -0.0754. The molecular formula is C27H25F2IO7S. The number of hydrogen-bond donors (Lipinski definition) is 1. The third-order valence-electron chi connectivity index (χ3n) is 7.63. The number of fused-ring (bicyclic) bond motifs is 1. The third-order valence-corrected chi connectivity index (χ3v) is 9.35. The Morgan fingerprint density at radius 1 is 1.00 bits per heavy atom. The van der Waals surface area contributed by atoms with E-state index >= 15 is 0 Å². The summed E-state index contributed by atoms with van der Waals surface area (Å²) in [6, 6.07) is 14.7. The molecule has 0 aliphatic heterocycles. The number of ether oxygens (including phenoxy) is 2. The molecule has 2 bridgehead atoms. The number of rotatable bonds is 6. The largest absolute Gasteiger partial charge is 0.458 e. The summed E-state index contributed by atoms with van der Waals surface area (Å²) >= 11 is 2.20. The fraction of sp³-hybridized carbons (Fsp3) is 0.407. The Bertz CT molecular complexity index is 1390. The minimum absolute atomic E-state index is 0.592. The predicted octanol–water partition coefficient (Wildman–Crippen LogP) is 5.34. The zero-order valence-corrected chi connectivity index (χ0v) is 23.2. The first kappa shape index (κ1) is 27.2. The lowest BCUT2D eigenvalue weighted by Crippen LogP contribution is -2.50. The molecule has 6 rings (SSSR count). The smallest absolute Gasteiger partial charge is 0.402 e. The van der Waals surface area contributed by atoms with Crippen molar-refractivity contribution in [3.63, 3.8) is 0 Å². The van der Waals surface area contributed by atoms with Gasteiger partial charge in [0.1, 0.15) is 5.60 Å². The third kappa shape index (κ3) is 4.66. The van der Waals surface area contributed by atoms with Gasteiger partial charge in [0.25, 0.3) is 0 Å². The van der Waals surface area contributed by atoms with E-state index in [9.17, 15) is 26.8 Å². The molecule has 11 heteroatoms. The van der Waals surface area contributed by atoms with E-state index < -0.39 is 63.2 Å². The summed E-state index contributed by atoms with van der Waals surface area (Å²) < 4.78 is 70.9. The van der Waals surface area contributed by atoms with Crippen molar-refractivity contribution in [3.8, 4) is 0 Å². The van der Waals surface area contributed by atoms with E-state index in [0.29, 0.717) is 6.42 Å². The molecule has 2 aromatic carbocycles. The minimum Gasteiger partial charge on any atom is -0.458 e. The van der Waals surface area contributed by atoms with E-state index in [1.807, 2.05) is 42.5 Å². The molecule has 1 N–H and O–H groups in total. The lowest BCUT2D eigenvalue weighted by atomic mass is 9.54. The van der Waals surface area contributed by atoms with Crippen LogP contribution in [0.5, 0.6) is 0 Å². The van der Waals surface area contributed by atoms with E-state index in [2.05, 4.69) is 22.6 Å². The number of alkyl halides is 2. The predicted molar refractivity (Wildman–Crippen MR) is 141 cm³/mol. The summed E-state index contributed by atoms with van der Waals surface area (Å²) in [5, 5.41) is -4.70. The highest BCUT2D eigenvalue weighted by molar-refractivity contribution is 14.1. The first-order chi connectivity index (χ1) is 17.8. The average molecular weight is 658 g/mol. The van der Waals surface area contributed by atoms with Crippen molar-refractivity contribution < 1.29 is 40.8 Å². The molecule has 0 radical (unpaired) electrons. The zero-order valence-electron chi connectivity index (χ0n) is 20.3. The highest BCUT2D eigenvalue weighted by Crippen LogP contribution is 2.59. The monoisotopic (exact) mass is 658 g/mol. The molecule has 0 spiro atoms. The number of carbonyl (C=O) groups is 2. The lowest BCUT2D eigenvalue weighted by Gasteiger charge is -2.49. The van der Waals surface area contributed by atoms with Crippen molar-refractivity contribution in [2.45, 2.75) is 48.9 Å².